The summed E-state index contributed by atoms with van der Waals surface area (Å²) in [6.07, 6.45) is 0. The summed E-state index contributed by atoms with van der Waals surface area (Å²) >= 11 is 0. The van der Waals surface area contributed by atoms with Gasteiger partial charge in [0.15, 0.2) is 0 Å². The molecule has 0 saturated carbocycles. The first kappa shape index (κ1) is 19.2. The molecule has 0 atom stereocenters. The van der Waals surface area contributed by atoms with Gasteiger partial charge in [-0.3, -0.25) is 9.59 Å². The van der Waals surface area contributed by atoms with Crippen molar-refractivity contribution in [3.63, 3.8) is 0 Å². The average molecular weight is 349 g/mol. The van der Waals surface area contributed by atoms with E-state index < -0.39 is 5.41 Å². The van der Waals surface area contributed by atoms with Gasteiger partial charge in [0.25, 0.3) is 0 Å². The smallest absolute Gasteiger partial charge is 0.237 e. The minimum absolute atomic E-state index is 0.122. The normalized spacial score (nSPS) is 15.2. The molecule has 1 fully saturated rings. The van der Waals surface area contributed by atoms with E-state index in [4.69, 9.17) is 0 Å². The van der Waals surface area contributed by atoms with Gasteiger partial charge in [0, 0.05) is 45.0 Å². The molecule has 0 bridgehead atoms. The molecule has 1 saturated heterocycles. The molecule has 1 aromatic rings. The molecule has 0 aromatic heterocycles. The Hall–Kier alpha value is -2.11. The molecule has 6 heteroatoms. The highest BCUT2D eigenvalue weighted by Gasteiger charge is 2.41. The second-order valence-electron chi connectivity index (χ2n) is 6.86. The third-order valence-electron chi connectivity index (χ3n) is 4.88. The van der Waals surface area contributed by atoms with E-state index in [2.05, 4.69) is 4.90 Å². The molecule has 138 valence electrons. The Balaban J connectivity index is 2.00. The average Bonchev–Trinajstić information content (AvgIpc) is 2.62. The Morgan fingerprint density at radius 2 is 1.56 bits per heavy atom. The second kappa shape index (κ2) is 7.85. The van der Waals surface area contributed by atoms with Gasteiger partial charge in [0.05, 0.1) is 0 Å². The van der Waals surface area contributed by atoms with Gasteiger partial charge < -0.3 is 14.7 Å². The van der Waals surface area contributed by atoms with Crippen LogP contribution in [-0.2, 0) is 9.59 Å². The number of hydrogen-bond donors (Lipinski definition) is 0. The van der Waals surface area contributed by atoms with Crippen LogP contribution in [-0.4, -0.2) is 60.9 Å². The van der Waals surface area contributed by atoms with Crippen LogP contribution in [0.5, 0.6) is 0 Å². The number of piperazine rings is 1. The lowest BCUT2D eigenvalue weighted by Gasteiger charge is -2.40. The van der Waals surface area contributed by atoms with Crippen molar-refractivity contribution in [2.45, 2.75) is 27.7 Å². The Labute approximate surface area is 149 Å². The second-order valence-corrected chi connectivity index (χ2v) is 6.86. The van der Waals surface area contributed by atoms with Crippen molar-refractivity contribution < 1.29 is 14.0 Å². The minimum Gasteiger partial charge on any atom is -0.368 e. The zero-order valence-electron chi connectivity index (χ0n) is 15.6. The Morgan fingerprint density at radius 1 is 1.04 bits per heavy atom. The number of nitrogens with zero attached hydrogens (tertiary/aromatic N) is 3. The molecule has 0 spiro atoms. The molecule has 25 heavy (non-hydrogen) atoms. The number of amides is 2. The molecule has 1 aliphatic heterocycles. The lowest BCUT2D eigenvalue weighted by Crippen LogP contribution is -2.56. The fraction of sp³-hybridized carbons (Fsp3) is 0.579. The summed E-state index contributed by atoms with van der Waals surface area (Å²) in [6.45, 7) is 10.9. The first-order valence-corrected chi connectivity index (χ1v) is 8.90. The highest BCUT2D eigenvalue weighted by Crippen LogP contribution is 2.24. The summed E-state index contributed by atoms with van der Waals surface area (Å²) in [6, 6.07) is 6.39. The van der Waals surface area contributed by atoms with Gasteiger partial charge in [-0.1, -0.05) is 0 Å². The quantitative estimate of drug-likeness (QED) is 0.767. The van der Waals surface area contributed by atoms with Crippen LogP contribution in [0, 0.1) is 11.2 Å². The summed E-state index contributed by atoms with van der Waals surface area (Å²) in [5.41, 5.74) is -0.101. The number of carbonyl (C=O) groups is 2. The molecule has 0 radical (unpaired) electrons. The zero-order chi connectivity index (χ0) is 18.6. The Morgan fingerprint density at radius 3 is 2.04 bits per heavy atom. The number of rotatable bonds is 5. The molecule has 5 nitrogen and oxygen atoms in total. The van der Waals surface area contributed by atoms with E-state index in [1.165, 1.54) is 12.1 Å². The molecule has 0 aliphatic carbocycles. The first-order chi connectivity index (χ1) is 11.8. The van der Waals surface area contributed by atoms with E-state index in [1.807, 2.05) is 13.8 Å². The largest absolute Gasteiger partial charge is 0.368 e. The van der Waals surface area contributed by atoms with Crippen LogP contribution >= 0.6 is 0 Å². The van der Waals surface area contributed by atoms with Crippen LogP contribution in [0.3, 0.4) is 0 Å². The molecule has 2 amide bonds. The van der Waals surface area contributed by atoms with Crippen LogP contribution in [0.1, 0.15) is 27.7 Å². The monoisotopic (exact) mass is 349 g/mol. The molecule has 1 aromatic carbocycles. The number of benzene rings is 1. The van der Waals surface area contributed by atoms with Gasteiger partial charge >= 0.3 is 0 Å². The fourth-order valence-electron chi connectivity index (χ4n) is 3.21. The zero-order valence-corrected chi connectivity index (χ0v) is 15.6. The summed E-state index contributed by atoms with van der Waals surface area (Å²) in [4.78, 5) is 31.2. The van der Waals surface area contributed by atoms with Crippen molar-refractivity contribution in [1.82, 2.24) is 9.80 Å². The maximum atomic E-state index is 13.0. The SMILES string of the molecule is CCN(CC)C(=O)C(C)(C)C(=O)N1CCN(c2ccc(F)cc2)CC1. The summed E-state index contributed by atoms with van der Waals surface area (Å²) in [5.74, 6) is -0.499. The van der Waals surface area contributed by atoms with E-state index in [-0.39, 0.29) is 17.6 Å². The van der Waals surface area contributed by atoms with Crippen LogP contribution < -0.4 is 4.90 Å². The van der Waals surface area contributed by atoms with Crippen LogP contribution in [0.25, 0.3) is 0 Å². The predicted octanol–water partition coefficient (Wildman–Crippen LogP) is 2.37. The standard InChI is InChI=1S/C19H28FN3O2/c1-5-21(6-2)17(24)19(3,4)18(25)23-13-11-22(12-14-23)16-9-7-15(20)8-10-16/h7-10H,5-6,11-14H2,1-4H3. The first-order valence-electron chi connectivity index (χ1n) is 8.90. The highest BCUT2D eigenvalue weighted by molar-refractivity contribution is 6.04. The van der Waals surface area contributed by atoms with Gasteiger partial charge in [0.2, 0.25) is 11.8 Å². The van der Waals surface area contributed by atoms with Crippen molar-refractivity contribution in [2.75, 3.05) is 44.2 Å². The van der Waals surface area contributed by atoms with E-state index >= 15 is 0 Å². The molecule has 0 unspecified atom stereocenters. The van der Waals surface area contributed by atoms with E-state index in [0.717, 1.165) is 5.69 Å². The lowest BCUT2D eigenvalue weighted by molar-refractivity contribution is -0.154. The number of halogens is 1. The van der Waals surface area contributed by atoms with Crippen molar-refractivity contribution in [2.24, 2.45) is 5.41 Å². The molecule has 1 aliphatic rings. The van der Waals surface area contributed by atoms with E-state index in [1.54, 1.807) is 35.8 Å². The van der Waals surface area contributed by atoms with Crippen molar-refractivity contribution in [3.05, 3.63) is 30.1 Å². The van der Waals surface area contributed by atoms with Crippen molar-refractivity contribution >= 4 is 17.5 Å². The minimum atomic E-state index is -1.05. The fourth-order valence-corrected chi connectivity index (χ4v) is 3.21. The topological polar surface area (TPSA) is 43.9 Å². The third kappa shape index (κ3) is 4.11. The Kier molecular flexibility index (Phi) is 6.03. The van der Waals surface area contributed by atoms with E-state index in [9.17, 15) is 14.0 Å². The molecule has 2 rings (SSSR count). The van der Waals surface area contributed by atoms with Crippen LogP contribution in [0.15, 0.2) is 24.3 Å². The maximum Gasteiger partial charge on any atom is 0.237 e. The van der Waals surface area contributed by atoms with Gasteiger partial charge in [-0.05, 0) is 52.0 Å². The Bertz CT molecular complexity index is 604. The lowest BCUT2D eigenvalue weighted by atomic mass is 9.89. The predicted molar refractivity (Wildman–Crippen MR) is 96.9 cm³/mol. The molecular weight excluding hydrogens is 321 g/mol. The van der Waals surface area contributed by atoms with Gasteiger partial charge in [-0.25, -0.2) is 4.39 Å². The van der Waals surface area contributed by atoms with Gasteiger partial charge in [0.1, 0.15) is 11.2 Å². The van der Waals surface area contributed by atoms with Crippen LogP contribution in [0.4, 0.5) is 10.1 Å². The molecule has 1 heterocycles. The highest BCUT2D eigenvalue weighted by atomic mass is 19.1. The van der Waals surface area contributed by atoms with Gasteiger partial charge in [-0.15, -0.1) is 0 Å². The van der Waals surface area contributed by atoms with E-state index in [0.29, 0.717) is 39.3 Å². The summed E-state index contributed by atoms with van der Waals surface area (Å²) < 4.78 is 13.0. The molecular formula is C19H28FN3O2. The van der Waals surface area contributed by atoms with Gasteiger partial charge in [-0.2, -0.15) is 0 Å². The third-order valence-corrected chi connectivity index (χ3v) is 4.88. The number of carbonyl (C=O) groups excluding carboxylic acids is 2. The van der Waals surface area contributed by atoms with Crippen LogP contribution in [0.2, 0.25) is 0 Å². The maximum absolute atomic E-state index is 13.0. The van der Waals surface area contributed by atoms with Crippen molar-refractivity contribution in [1.29, 1.82) is 0 Å². The summed E-state index contributed by atoms with van der Waals surface area (Å²) in [7, 11) is 0. The van der Waals surface area contributed by atoms with Crippen molar-refractivity contribution in [3.8, 4) is 0 Å². The summed E-state index contributed by atoms with van der Waals surface area (Å²) in [5, 5.41) is 0. The number of anilines is 1. The number of hydrogen-bond acceptors (Lipinski definition) is 3. The molecule has 0 N–H and O–H groups in total.